The maximum absolute atomic E-state index is 12.9. The topological polar surface area (TPSA) is 275 Å². The van der Waals surface area contributed by atoms with Gasteiger partial charge in [-0.05, 0) is 56.7 Å². The number of hydrogen-bond acceptors (Lipinski definition) is 11. The first-order valence-corrected chi connectivity index (χ1v) is 15.6. The molecule has 1 unspecified atom stereocenters. The van der Waals surface area contributed by atoms with Crippen LogP contribution >= 0.6 is 0 Å². The Morgan fingerprint density at radius 2 is 1.32 bits per heavy atom. The summed E-state index contributed by atoms with van der Waals surface area (Å²) in [5.74, 6) is -5.22. The molecule has 264 valence electrons. The second kappa shape index (κ2) is 20.9. The molecule has 0 aliphatic carbocycles. The van der Waals surface area contributed by atoms with Crippen LogP contribution in [0.3, 0.4) is 0 Å². The zero-order chi connectivity index (χ0) is 35.7. The van der Waals surface area contributed by atoms with Crippen LogP contribution in [-0.4, -0.2) is 101 Å². The number of phenols is 1. The highest BCUT2D eigenvalue weighted by atomic mass is 16.3. The second-order valence-corrected chi connectivity index (χ2v) is 11.8. The number of phenolic OH excluding ortho intramolecular Hbond substituents is 1. The average molecular weight is 666 g/mol. The van der Waals surface area contributed by atoms with Crippen LogP contribution in [0.15, 0.2) is 24.3 Å². The molecule has 0 spiro atoms. The molecule has 12 N–H and O–H groups in total. The molecule has 1 rings (SSSR count). The molecule has 0 aliphatic rings. The lowest BCUT2D eigenvalue weighted by atomic mass is 9.98. The quantitative estimate of drug-likeness (QED) is 0.0659. The van der Waals surface area contributed by atoms with Gasteiger partial charge < -0.3 is 48.1 Å². The van der Waals surface area contributed by atoms with Gasteiger partial charge in [0.05, 0.1) is 12.6 Å². The number of unbranched alkanes of at least 4 members (excludes halogenated alkanes) is 2. The van der Waals surface area contributed by atoms with E-state index in [2.05, 4.69) is 26.6 Å². The lowest BCUT2D eigenvalue weighted by Gasteiger charge is -2.27. The predicted octanol–water partition coefficient (Wildman–Crippen LogP) is -2.34. The zero-order valence-electron chi connectivity index (χ0n) is 27.5. The van der Waals surface area contributed by atoms with Gasteiger partial charge in [-0.2, -0.15) is 0 Å². The van der Waals surface area contributed by atoms with Crippen molar-refractivity contribution >= 4 is 35.4 Å². The number of aromatic hydroxyl groups is 1. The molecule has 0 aliphatic heterocycles. The Labute approximate surface area is 274 Å². The smallest absolute Gasteiger partial charge is 0.249 e. The third-order valence-electron chi connectivity index (χ3n) is 7.44. The van der Waals surface area contributed by atoms with Gasteiger partial charge in [0.15, 0.2) is 0 Å². The fourth-order valence-electron chi connectivity index (χ4n) is 4.29. The van der Waals surface area contributed by atoms with Crippen LogP contribution in [0.2, 0.25) is 0 Å². The number of amides is 6. The molecule has 47 heavy (non-hydrogen) atoms. The molecule has 6 amide bonds. The van der Waals surface area contributed by atoms with Crippen LogP contribution < -0.4 is 38.1 Å². The lowest BCUT2D eigenvalue weighted by molar-refractivity contribution is -0.135. The highest BCUT2D eigenvalue weighted by molar-refractivity contribution is 5.99. The maximum Gasteiger partial charge on any atom is 0.249 e. The Kier molecular flexibility index (Phi) is 18.2. The monoisotopic (exact) mass is 665 g/mol. The fourth-order valence-corrected chi connectivity index (χ4v) is 4.29. The van der Waals surface area contributed by atoms with Gasteiger partial charge in [0.2, 0.25) is 35.4 Å². The van der Waals surface area contributed by atoms with Crippen LogP contribution in [0.1, 0.15) is 58.9 Å². The van der Waals surface area contributed by atoms with Crippen molar-refractivity contribution < 1.29 is 44.1 Å². The molecule has 0 radical (unpaired) electrons. The molecule has 1 aromatic carbocycles. The highest BCUT2D eigenvalue weighted by Gasteiger charge is 2.31. The van der Waals surface area contributed by atoms with Crippen molar-refractivity contribution in [2.45, 2.75) is 90.0 Å². The molecule has 0 fully saturated rings. The van der Waals surface area contributed by atoms with Crippen molar-refractivity contribution in [3.05, 3.63) is 29.8 Å². The number of rotatable bonds is 20. The number of imide groups is 1. The van der Waals surface area contributed by atoms with E-state index >= 15 is 0 Å². The number of nitrogens with two attached hydrogens (primary N) is 2. The molecule has 0 heterocycles. The first-order chi connectivity index (χ1) is 22.1. The molecule has 0 bridgehead atoms. The van der Waals surface area contributed by atoms with Crippen molar-refractivity contribution in [2.24, 2.45) is 23.3 Å². The largest absolute Gasteiger partial charge is 0.508 e. The Bertz CT molecular complexity index is 1200. The van der Waals surface area contributed by atoms with E-state index in [1.165, 1.54) is 13.8 Å². The molecule has 1 aromatic rings. The third kappa shape index (κ3) is 14.9. The molecule has 16 nitrogen and oxygen atoms in total. The van der Waals surface area contributed by atoms with E-state index in [4.69, 9.17) is 16.6 Å². The average Bonchev–Trinajstić information content (AvgIpc) is 3.03. The number of nitrogens with one attached hydrogen (secondary N) is 5. The number of benzene rings is 1. The molecule has 0 saturated carbocycles. The first-order valence-electron chi connectivity index (χ1n) is 15.6. The minimum atomic E-state index is -1.34. The predicted molar refractivity (Wildman–Crippen MR) is 172 cm³/mol. The van der Waals surface area contributed by atoms with E-state index in [0.29, 0.717) is 6.42 Å². The van der Waals surface area contributed by atoms with Crippen molar-refractivity contribution in [3.63, 3.8) is 0 Å². The fraction of sp³-hybridized carbons (Fsp3) is 0.613. The summed E-state index contributed by atoms with van der Waals surface area (Å²) in [5, 5.41) is 40.2. The number of carbonyl (C=O) groups excluding carboxylic acids is 6. The minimum Gasteiger partial charge on any atom is -0.508 e. The van der Waals surface area contributed by atoms with Gasteiger partial charge in [0, 0.05) is 25.5 Å². The summed E-state index contributed by atoms with van der Waals surface area (Å²) < 4.78 is 0. The van der Waals surface area contributed by atoms with E-state index in [9.17, 15) is 39.0 Å². The number of aliphatic hydroxyl groups is 2. The lowest BCUT2D eigenvalue weighted by Crippen LogP contribution is -2.58. The SMILES string of the molecule is CC(C)[C@H](NC(=O)[C@@H](N)C(CO)CNC(=O)[C@H](C)NC(=O)[C@H](C)NC(=O)[C@@H](N)CO)C(=O)NC(=O)CCCCCc1ccc(O)cc1. The standard InChI is InChI=1S/C31H51N7O9/c1-17(2)26(31(47)37-24(42)9-7-5-6-8-20-10-12-22(41)13-11-20)38-30(46)25(33)21(15-39)14-34-27(43)18(3)35-28(44)19(4)36-29(45)23(32)16-40/h10-13,17-19,21,23,25-26,39-41H,5-9,14-16,32-33H2,1-4H3,(H,34,43)(H,35,44)(H,36,45)(H,38,46)(H,37,42,47)/t18-,19-,21?,23-,25-,26-/m0/s1. The molecule has 6 atom stereocenters. The number of aliphatic hydroxyl groups excluding tert-OH is 2. The molecule has 0 aromatic heterocycles. The van der Waals surface area contributed by atoms with Crippen LogP contribution in [0.5, 0.6) is 5.75 Å². The van der Waals surface area contributed by atoms with Crippen LogP contribution in [0, 0.1) is 11.8 Å². The van der Waals surface area contributed by atoms with Crippen LogP contribution in [0.25, 0.3) is 0 Å². The normalized spacial score (nSPS) is 14.9. The van der Waals surface area contributed by atoms with E-state index in [0.717, 1.165) is 24.8 Å². The zero-order valence-corrected chi connectivity index (χ0v) is 27.5. The van der Waals surface area contributed by atoms with Crippen molar-refractivity contribution in [2.75, 3.05) is 19.8 Å². The minimum absolute atomic E-state index is 0.121. The summed E-state index contributed by atoms with van der Waals surface area (Å²) >= 11 is 0. The number of carbonyl (C=O) groups is 6. The summed E-state index contributed by atoms with van der Waals surface area (Å²) in [7, 11) is 0. The van der Waals surface area contributed by atoms with E-state index in [-0.39, 0.29) is 18.7 Å². The second-order valence-electron chi connectivity index (χ2n) is 11.8. The summed E-state index contributed by atoms with van der Waals surface area (Å²) in [6.07, 6.45) is 3.05. The maximum atomic E-state index is 12.9. The van der Waals surface area contributed by atoms with Crippen molar-refractivity contribution in [1.82, 2.24) is 26.6 Å². The van der Waals surface area contributed by atoms with Gasteiger partial charge in [0.1, 0.15) is 29.9 Å². The van der Waals surface area contributed by atoms with Crippen LogP contribution in [-0.2, 0) is 35.2 Å². The first kappa shape index (κ1) is 40.9. The molecule has 0 saturated heterocycles. The Morgan fingerprint density at radius 3 is 1.89 bits per heavy atom. The van der Waals surface area contributed by atoms with Gasteiger partial charge in [-0.25, -0.2) is 0 Å². The van der Waals surface area contributed by atoms with Gasteiger partial charge in [-0.3, -0.25) is 34.1 Å². The molecule has 16 heteroatoms. The van der Waals surface area contributed by atoms with Crippen molar-refractivity contribution in [3.8, 4) is 5.75 Å². The van der Waals surface area contributed by atoms with Gasteiger partial charge in [0.25, 0.3) is 0 Å². The van der Waals surface area contributed by atoms with Gasteiger partial charge >= 0.3 is 0 Å². The Balaban J connectivity index is 2.55. The highest BCUT2D eigenvalue weighted by Crippen LogP contribution is 2.13. The molecular formula is C31H51N7O9. The summed E-state index contributed by atoms with van der Waals surface area (Å²) in [6, 6.07) is 1.14. The van der Waals surface area contributed by atoms with Gasteiger partial charge in [-0.15, -0.1) is 0 Å². The Hall–Kier alpha value is -4.12. The van der Waals surface area contributed by atoms with E-state index < -0.39 is 90.7 Å². The third-order valence-corrected chi connectivity index (χ3v) is 7.44. The summed E-state index contributed by atoms with van der Waals surface area (Å²) in [6.45, 7) is 4.66. The Morgan fingerprint density at radius 1 is 0.723 bits per heavy atom. The van der Waals surface area contributed by atoms with E-state index in [1.807, 2.05) is 12.1 Å². The van der Waals surface area contributed by atoms with Crippen LogP contribution in [0.4, 0.5) is 0 Å². The summed E-state index contributed by atoms with van der Waals surface area (Å²) in [4.78, 5) is 74.8. The number of hydrogen-bond donors (Lipinski definition) is 10. The van der Waals surface area contributed by atoms with E-state index in [1.54, 1.807) is 26.0 Å². The van der Waals surface area contributed by atoms with Gasteiger partial charge in [-0.1, -0.05) is 32.4 Å². The van der Waals surface area contributed by atoms with Crippen molar-refractivity contribution in [1.29, 1.82) is 0 Å². The molecular weight excluding hydrogens is 614 g/mol. The number of aryl methyl sites for hydroxylation is 1. The summed E-state index contributed by atoms with van der Waals surface area (Å²) in [5.41, 5.74) is 12.5.